The van der Waals surface area contributed by atoms with Crippen molar-refractivity contribution in [2.45, 2.75) is 57.2 Å². The zero-order valence-electron chi connectivity index (χ0n) is 26.9. The molecule has 0 N–H and O–H groups in total. The Labute approximate surface area is 288 Å². The van der Waals surface area contributed by atoms with Gasteiger partial charge in [0.25, 0.3) is 0 Å². The van der Waals surface area contributed by atoms with Crippen LogP contribution >= 0.6 is 18.6 Å². The molecule has 3 aromatic rings. The number of hydrogen-bond acceptors (Lipinski definition) is 1. The van der Waals surface area contributed by atoms with Gasteiger partial charge in [0.1, 0.15) is 8.24 Å². The first-order valence-electron chi connectivity index (χ1n) is 15.8. The Hall–Kier alpha value is -1.95. The van der Waals surface area contributed by atoms with Crippen LogP contribution < -0.4 is 0 Å². The summed E-state index contributed by atoms with van der Waals surface area (Å²) in [6.45, 7) is 9.99. The van der Waals surface area contributed by atoms with Gasteiger partial charge in [0.2, 0.25) is 0 Å². The Bertz CT molecular complexity index is 1630. The fourth-order valence-electron chi connectivity index (χ4n) is 8.40. The Balaban J connectivity index is 0.000000963. The number of allylic oxidation sites excluding steroid dienone is 10. The zero-order chi connectivity index (χ0) is 30.8. The second-order valence-electron chi connectivity index (χ2n) is 13.0. The number of benzene rings is 3. The molecule has 6 heteroatoms. The third-order valence-electron chi connectivity index (χ3n) is 10.3. The number of rotatable bonds is 3. The number of fused-ring (bicyclic) bond motifs is 4. The summed E-state index contributed by atoms with van der Waals surface area (Å²) in [5.74, 6) is 1.60. The minimum atomic E-state index is -2.00. The summed E-state index contributed by atoms with van der Waals surface area (Å²) in [6.07, 6.45) is 27.4. The molecule has 0 aromatic heterocycles. The standard InChI is InChI=1S/C38H41N2Si.CH3.2ClH.Ti/c1-26-15-6-5-7-24-36(33-21-13-12-18-30(26)33)41(3,4)40-27(2)39-38-34(22-14-23-35(38)40)37-31-19-10-8-16-28(31)25-29-17-9-11-20-32(29)37;;;;/h5-23,25-27,30,33,35-36,38H,24H2,1-4H3;1H3;2*1H;/q2*-1;;;+2/p-2/b7-5-,15-6-;;;;/t26?,27-,30?,33?,35+,36?,38?;;;;/m0..../s1. The monoisotopic (exact) mass is 686 g/mol. The molecule has 7 rings (SSSR count). The van der Waals surface area contributed by atoms with Crippen LogP contribution in [0.25, 0.3) is 32.4 Å². The van der Waals surface area contributed by atoms with Gasteiger partial charge in [0, 0.05) is 6.04 Å². The van der Waals surface area contributed by atoms with Crippen molar-refractivity contribution in [3.8, 4) is 0 Å². The van der Waals surface area contributed by atoms with Crippen LogP contribution in [0.2, 0.25) is 18.6 Å². The van der Waals surface area contributed by atoms with Gasteiger partial charge in [0.05, 0.1) is 0 Å². The third-order valence-corrected chi connectivity index (χ3v) is 14.7. The van der Waals surface area contributed by atoms with E-state index in [1.807, 2.05) is 0 Å². The van der Waals surface area contributed by atoms with E-state index in [0.29, 0.717) is 23.3 Å². The van der Waals surface area contributed by atoms with Crippen molar-refractivity contribution in [2.75, 3.05) is 0 Å². The van der Waals surface area contributed by atoms with Gasteiger partial charge in [-0.15, -0.1) is 0 Å². The van der Waals surface area contributed by atoms with Crippen molar-refractivity contribution in [2.24, 2.45) is 17.8 Å². The summed E-state index contributed by atoms with van der Waals surface area (Å²) >= 11 is -0.556. The van der Waals surface area contributed by atoms with Crippen LogP contribution in [0.15, 0.2) is 121 Å². The van der Waals surface area contributed by atoms with Crippen molar-refractivity contribution in [1.29, 1.82) is 0 Å². The molecule has 1 saturated heterocycles. The summed E-state index contributed by atoms with van der Waals surface area (Å²) in [7, 11) is 7.78. The topological polar surface area (TPSA) is 17.3 Å². The number of halogens is 2. The molecule has 3 aromatic carbocycles. The van der Waals surface area contributed by atoms with Gasteiger partial charge in [-0.05, 0) is 62.9 Å². The van der Waals surface area contributed by atoms with Gasteiger partial charge in [-0.2, -0.15) is 0 Å². The van der Waals surface area contributed by atoms with Crippen LogP contribution in [-0.4, -0.2) is 31.1 Å². The molecule has 1 aliphatic heterocycles. The summed E-state index contributed by atoms with van der Waals surface area (Å²) < 4.78 is 2.88. The van der Waals surface area contributed by atoms with Crippen LogP contribution in [0, 0.1) is 25.2 Å². The Morgan fingerprint density at radius 2 is 1.40 bits per heavy atom. The molecule has 0 saturated carbocycles. The molecule has 0 amide bonds. The first kappa shape index (κ1) is 34.4. The van der Waals surface area contributed by atoms with Gasteiger partial charge in [-0.3, -0.25) is 0 Å². The molecule has 2 nitrogen and oxygen atoms in total. The van der Waals surface area contributed by atoms with Crippen LogP contribution in [0.4, 0.5) is 0 Å². The summed E-state index contributed by atoms with van der Waals surface area (Å²) in [6, 6.07) is 20.5. The molecule has 45 heavy (non-hydrogen) atoms. The molecule has 0 radical (unpaired) electrons. The van der Waals surface area contributed by atoms with E-state index in [2.05, 4.69) is 153 Å². The van der Waals surface area contributed by atoms with E-state index in [4.69, 9.17) is 23.9 Å². The van der Waals surface area contributed by atoms with Crippen LogP contribution in [0.3, 0.4) is 0 Å². The molecule has 5 unspecified atom stereocenters. The molecule has 234 valence electrons. The first-order chi connectivity index (χ1) is 21.4. The zero-order valence-corrected chi connectivity index (χ0v) is 31.0. The van der Waals surface area contributed by atoms with Gasteiger partial charge < -0.3 is 17.3 Å². The Morgan fingerprint density at radius 3 is 2.07 bits per heavy atom. The van der Waals surface area contributed by atoms with Crippen molar-refractivity contribution >= 4 is 54.0 Å². The SMILES string of the molecule is CC1/C=C\C=C/CC([Si](C)(C)N2[C@@H]3C=CC=C(c4c5ccccc5cc5ccccc45)C3[N-][C@@H]2C)C2C=CC=CC12.[CH3-].[Cl][Ti][Cl]. The van der Waals surface area contributed by atoms with Crippen LogP contribution in [0.5, 0.6) is 0 Å². The fourth-order valence-corrected chi connectivity index (χ4v) is 12.8. The molecule has 3 aliphatic carbocycles. The average Bonchev–Trinajstić information content (AvgIpc) is 3.41. The molecule has 1 fully saturated rings. The molecule has 1 heterocycles. The average molecular weight is 688 g/mol. The fraction of sp³-hybridized carbons (Fsp3) is 0.308. The molecular formula is C39H44Cl2N2SiTi-2. The summed E-state index contributed by atoms with van der Waals surface area (Å²) in [4.78, 5) is 0. The number of hydrogen-bond donors (Lipinski definition) is 0. The summed E-state index contributed by atoms with van der Waals surface area (Å²) in [5, 5.41) is 10.8. The second kappa shape index (κ2) is 14.9. The van der Waals surface area contributed by atoms with E-state index in [9.17, 15) is 0 Å². The van der Waals surface area contributed by atoms with E-state index in [1.165, 1.54) is 32.7 Å². The van der Waals surface area contributed by atoms with E-state index in [-0.39, 0.29) is 25.7 Å². The summed E-state index contributed by atoms with van der Waals surface area (Å²) in [5.41, 5.74) is 3.33. The Kier molecular flexibility index (Phi) is 11.4. The molecule has 0 bridgehead atoms. The molecular weight excluding hydrogens is 643 g/mol. The number of nitrogens with zero attached hydrogens (tertiary/aromatic N) is 2. The van der Waals surface area contributed by atoms with Crippen molar-refractivity contribution in [1.82, 2.24) is 4.57 Å². The van der Waals surface area contributed by atoms with Gasteiger partial charge >= 0.3 is 35.6 Å². The van der Waals surface area contributed by atoms with Crippen LogP contribution in [-0.2, 0) is 17.0 Å². The first-order valence-corrected chi connectivity index (χ1v) is 23.1. The molecule has 4 aliphatic rings. The van der Waals surface area contributed by atoms with Gasteiger partial charge in [0.15, 0.2) is 0 Å². The predicted octanol–water partition coefficient (Wildman–Crippen LogP) is 11.6. The maximum atomic E-state index is 5.58. The predicted molar refractivity (Wildman–Crippen MR) is 197 cm³/mol. The van der Waals surface area contributed by atoms with E-state index >= 15 is 0 Å². The van der Waals surface area contributed by atoms with Gasteiger partial charge in [-0.1, -0.05) is 160 Å². The quantitative estimate of drug-likeness (QED) is 0.152. The van der Waals surface area contributed by atoms with Crippen LogP contribution in [0.1, 0.15) is 25.8 Å². The molecule has 7 atom stereocenters. The minimum absolute atomic E-state index is 0. The van der Waals surface area contributed by atoms with E-state index < -0.39 is 25.3 Å². The molecule has 0 spiro atoms. The van der Waals surface area contributed by atoms with Crippen molar-refractivity contribution in [3.05, 3.63) is 140 Å². The Morgan fingerprint density at radius 1 is 0.800 bits per heavy atom. The second-order valence-corrected chi connectivity index (χ2v) is 20.1. The normalized spacial score (nSPS) is 30.4. The third kappa shape index (κ3) is 6.61. The van der Waals surface area contributed by atoms with Crippen molar-refractivity contribution in [3.63, 3.8) is 0 Å². The van der Waals surface area contributed by atoms with E-state index in [1.54, 1.807) is 0 Å². The van der Waals surface area contributed by atoms with E-state index in [0.717, 1.165) is 6.42 Å². The van der Waals surface area contributed by atoms with Gasteiger partial charge in [-0.25, -0.2) is 0 Å². The van der Waals surface area contributed by atoms with Crippen molar-refractivity contribution < 1.29 is 17.0 Å². The maximum absolute atomic E-state index is 5.58.